The van der Waals surface area contributed by atoms with Crippen LogP contribution in [0.4, 0.5) is 21.7 Å². The van der Waals surface area contributed by atoms with Crippen LogP contribution in [0.1, 0.15) is 31.4 Å². The largest absolute Gasteiger partial charge is 0.370 e. The molecule has 0 aliphatic carbocycles. The minimum absolute atomic E-state index is 0.233. The Morgan fingerprint density at radius 1 is 1.14 bits per heavy atom. The molecule has 2 rings (SSSR count). The maximum absolute atomic E-state index is 13.2. The third kappa shape index (κ3) is 3.68. The molecule has 0 aliphatic heterocycles. The lowest BCUT2D eigenvalue weighted by molar-refractivity contribution is 0.627. The van der Waals surface area contributed by atoms with Crippen molar-refractivity contribution in [1.82, 2.24) is 9.97 Å². The van der Waals surface area contributed by atoms with E-state index in [4.69, 9.17) is 0 Å². The SMILES string of the molecule is CCCc1c(NCC)ncnc1Nc1ccc(F)cc1C. The fourth-order valence-electron chi connectivity index (χ4n) is 2.22. The molecule has 2 aromatic rings. The van der Waals surface area contributed by atoms with Gasteiger partial charge in [-0.15, -0.1) is 0 Å². The highest BCUT2D eigenvalue weighted by atomic mass is 19.1. The first-order chi connectivity index (χ1) is 10.2. The summed E-state index contributed by atoms with van der Waals surface area (Å²) in [7, 11) is 0. The van der Waals surface area contributed by atoms with Crippen molar-refractivity contribution in [2.24, 2.45) is 0 Å². The van der Waals surface area contributed by atoms with Gasteiger partial charge >= 0.3 is 0 Å². The lowest BCUT2D eigenvalue weighted by Crippen LogP contribution is -2.08. The van der Waals surface area contributed by atoms with Gasteiger partial charge in [0.25, 0.3) is 0 Å². The molecule has 0 radical (unpaired) electrons. The Morgan fingerprint density at radius 2 is 1.90 bits per heavy atom. The van der Waals surface area contributed by atoms with Gasteiger partial charge in [-0.1, -0.05) is 13.3 Å². The summed E-state index contributed by atoms with van der Waals surface area (Å²) in [4.78, 5) is 8.65. The van der Waals surface area contributed by atoms with Gasteiger partial charge in [0.1, 0.15) is 23.8 Å². The van der Waals surface area contributed by atoms with Gasteiger partial charge in [-0.05, 0) is 44.0 Å². The molecular weight excluding hydrogens is 267 g/mol. The van der Waals surface area contributed by atoms with Crippen LogP contribution in [0.25, 0.3) is 0 Å². The molecule has 5 heteroatoms. The Hall–Kier alpha value is -2.17. The van der Waals surface area contributed by atoms with Crippen LogP contribution < -0.4 is 10.6 Å². The van der Waals surface area contributed by atoms with Gasteiger partial charge in [-0.25, -0.2) is 14.4 Å². The Labute approximate surface area is 124 Å². The molecule has 0 saturated carbocycles. The standard InChI is InChI=1S/C16H21FN4/c1-4-6-13-15(18-5-2)19-10-20-16(13)21-14-8-7-12(17)9-11(14)3/h7-10H,4-6H2,1-3H3,(H2,18,19,20,21). The normalized spacial score (nSPS) is 10.5. The first-order valence-corrected chi connectivity index (χ1v) is 7.26. The predicted octanol–water partition coefficient (Wildman–Crippen LogP) is 4.05. The molecule has 0 fully saturated rings. The van der Waals surface area contributed by atoms with Crippen molar-refractivity contribution in [1.29, 1.82) is 0 Å². The Balaban J connectivity index is 2.36. The van der Waals surface area contributed by atoms with E-state index in [1.54, 1.807) is 12.4 Å². The van der Waals surface area contributed by atoms with Gasteiger partial charge in [-0.2, -0.15) is 0 Å². The summed E-state index contributed by atoms with van der Waals surface area (Å²) in [6, 6.07) is 4.69. The number of halogens is 1. The fourth-order valence-corrected chi connectivity index (χ4v) is 2.22. The first kappa shape index (κ1) is 15.2. The van der Waals surface area contributed by atoms with E-state index in [0.29, 0.717) is 0 Å². The van der Waals surface area contributed by atoms with Crippen molar-refractivity contribution >= 4 is 17.3 Å². The lowest BCUT2D eigenvalue weighted by Gasteiger charge is -2.15. The van der Waals surface area contributed by atoms with Crippen molar-refractivity contribution in [3.8, 4) is 0 Å². The van der Waals surface area contributed by atoms with Crippen molar-refractivity contribution < 1.29 is 4.39 Å². The molecule has 0 amide bonds. The zero-order valence-corrected chi connectivity index (χ0v) is 12.7. The zero-order valence-electron chi connectivity index (χ0n) is 12.7. The van der Waals surface area contributed by atoms with Crippen molar-refractivity contribution in [2.45, 2.75) is 33.6 Å². The third-order valence-corrected chi connectivity index (χ3v) is 3.23. The number of hydrogen-bond acceptors (Lipinski definition) is 4. The number of nitrogens with zero attached hydrogens (tertiary/aromatic N) is 2. The van der Waals surface area contributed by atoms with Crippen molar-refractivity contribution in [3.63, 3.8) is 0 Å². The second kappa shape index (κ2) is 7.02. The minimum atomic E-state index is -0.233. The topological polar surface area (TPSA) is 49.8 Å². The molecule has 0 atom stereocenters. The highest BCUT2D eigenvalue weighted by Crippen LogP contribution is 2.26. The molecule has 1 aromatic heterocycles. The van der Waals surface area contributed by atoms with Gasteiger partial charge in [0.15, 0.2) is 0 Å². The number of hydrogen-bond donors (Lipinski definition) is 2. The molecule has 112 valence electrons. The molecule has 0 saturated heterocycles. The number of benzene rings is 1. The van der Waals surface area contributed by atoms with Crippen molar-refractivity contribution in [2.75, 3.05) is 17.2 Å². The second-order valence-electron chi connectivity index (χ2n) is 4.91. The molecule has 4 nitrogen and oxygen atoms in total. The highest BCUT2D eigenvalue weighted by molar-refractivity contribution is 5.66. The van der Waals surface area contributed by atoms with E-state index in [0.717, 1.165) is 47.8 Å². The average Bonchev–Trinajstić information content (AvgIpc) is 2.45. The third-order valence-electron chi connectivity index (χ3n) is 3.23. The fraction of sp³-hybridized carbons (Fsp3) is 0.375. The van der Waals surface area contributed by atoms with E-state index in [-0.39, 0.29) is 5.82 Å². The van der Waals surface area contributed by atoms with Crippen LogP contribution in [0.5, 0.6) is 0 Å². The quantitative estimate of drug-likeness (QED) is 0.842. The van der Waals surface area contributed by atoms with Crippen LogP contribution in [-0.4, -0.2) is 16.5 Å². The molecule has 0 bridgehead atoms. The van der Waals surface area contributed by atoms with Gasteiger partial charge in [0.05, 0.1) is 0 Å². The maximum Gasteiger partial charge on any atom is 0.139 e. The molecule has 1 aromatic carbocycles. The zero-order chi connectivity index (χ0) is 15.2. The van der Waals surface area contributed by atoms with Crippen LogP contribution in [0.15, 0.2) is 24.5 Å². The Morgan fingerprint density at radius 3 is 2.57 bits per heavy atom. The Kier molecular flexibility index (Phi) is 5.09. The van der Waals surface area contributed by atoms with E-state index >= 15 is 0 Å². The number of aryl methyl sites for hydroxylation is 1. The van der Waals surface area contributed by atoms with Crippen molar-refractivity contribution in [3.05, 3.63) is 41.5 Å². The monoisotopic (exact) mass is 288 g/mol. The van der Waals surface area contributed by atoms with Crippen LogP contribution in [0.3, 0.4) is 0 Å². The Bertz CT molecular complexity index is 613. The second-order valence-corrected chi connectivity index (χ2v) is 4.91. The van der Waals surface area contributed by atoms with Gasteiger partial charge in [0, 0.05) is 17.8 Å². The lowest BCUT2D eigenvalue weighted by atomic mass is 10.1. The number of rotatable bonds is 6. The summed E-state index contributed by atoms with van der Waals surface area (Å²) in [5.41, 5.74) is 2.77. The number of anilines is 3. The minimum Gasteiger partial charge on any atom is -0.370 e. The van der Waals surface area contributed by atoms with Gasteiger partial charge < -0.3 is 10.6 Å². The van der Waals surface area contributed by atoms with Gasteiger partial charge in [0.2, 0.25) is 0 Å². The molecule has 2 N–H and O–H groups in total. The molecule has 21 heavy (non-hydrogen) atoms. The van der Waals surface area contributed by atoms with Gasteiger partial charge in [-0.3, -0.25) is 0 Å². The van der Waals surface area contributed by atoms with Crippen LogP contribution in [0.2, 0.25) is 0 Å². The summed E-state index contributed by atoms with van der Waals surface area (Å²) < 4.78 is 13.2. The van der Waals surface area contributed by atoms with E-state index in [1.165, 1.54) is 12.1 Å². The predicted molar refractivity (Wildman–Crippen MR) is 84.6 cm³/mol. The van der Waals surface area contributed by atoms with E-state index in [2.05, 4.69) is 27.5 Å². The summed E-state index contributed by atoms with van der Waals surface area (Å²) >= 11 is 0. The molecule has 0 aliphatic rings. The van der Waals surface area contributed by atoms with E-state index in [9.17, 15) is 4.39 Å². The summed E-state index contributed by atoms with van der Waals surface area (Å²) in [5, 5.41) is 6.55. The average molecular weight is 288 g/mol. The molecule has 1 heterocycles. The van der Waals surface area contributed by atoms with Crippen LogP contribution in [-0.2, 0) is 6.42 Å². The number of aromatic nitrogens is 2. The number of nitrogens with one attached hydrogen (secondary N) is 2. The smallest absolute Gasteiger partial charge is 0.139 e. The summed E-state index contributed by atoms with van der Waals surface area (Å²) in [5.74, 6) is 1.40. The molecular formula is C16H21FN4. The summed E-state index contributed by atoms with van der Waals surface area (Å²) in [6.07, 6.45) is 3.42. The van der Waals surface area contributed by atoms with E-state index < -0.39 is 0 Å². The van der Waals surface area contributed by atoms with Crippen LogP contribution >= 0.6 is 0 Å². The summed E-state index contributed by atoms with van der Waals surface area (Å²) in [6.45, 7) is 6.84. The molecule has 0 unspecified atom stereocenters. The first-order valence-electron chi connectivity index (χ1n) is 7.26. The highest BCUT2D eigenvalue weighted by Gasteiger charge is 2.11. The van der Waals surface area contributed by atoms with E-state index in [1.807, 2.05) is 13.8 Å². The van der Waals surface area contributed by atoms with Crippen LogP contribution in [0, 0.1) is 12.7 Å². The maximum atomic E-state index is 13.2. The molecule has 0 spiro atoms.